The van der Waals surface area contributed by atoms with Crippen molar-refractivity contribution in [2.75, 3.05) is 20.2 Å². The summed E-state index contributed by atoms with van der Waals surface area (Å²) < 4.78 is 4.51. The molecule has 1 N–H and O–H groups in total. The van der Waals surface area contributed by atoms with Crippen molar-refractivity contribution in [3.63, 3.8) is 0 Å². The van der Waals surface area contributed by atoms with E-state index in [9.17, 15) is 9.59 Å². The Bertz CT molecular complexity index is 216. The summed E-state index contributed by atoms with van der Waals surface area (Å²) >= 11 is 0. The molecular weight excluding hydrogens is 174 g/mol. The summed E-state index contributed by atoms with van der Waals surface area (Å²) in [6, 6.07) is 0. The molecule has 74 valence electrons. The summed E-state index contributed by atoms with van der Waals surface area (Å²) in [5, 5.41) is 8.73. The molecule has 0 aromatic rings. The zero-order valence-electron chi connectivity index (χ0n) is 7.52. The Morgan fingerprint density at radius 3 is 2.77 bits per heavy atom. The second kappa shape index (κ2) is 4.11. The number of hydrogen-bond donors (Lipinski definition) is 1. The van der Waals surface area contributed by atoms with Gasteiger partial charge in [-0.3, -0.25) is 4.79 Å². The van der Waals surface area contributed by atoms with Gasteiger partial charge in [-0.25, -0.2) is 4.79 Å². The minimum absolute atomic E-state index is 0.266. The van der Waals surface area contributed by atoms with Crippen molar-refractivity contribution in [3.8, 4) is 0 Å². The van der Waals surface area contributed by atoms with Gasteiger partial charge in [-0.1, -0.05) is 0 Å². The van der Waals surface area contributed by atoms with E-state index in [1.165, 1.54) is 12.0 Å². The first-order valence-electron chi connectivity index (χ1n) is 4.21. The van der Waals surface area contributed by atoms with Crippen LogP contribution < -0.4 is 0 Å². The third-order valence-electron chi connectivity index (χ3n) is 2.20. The van der Waals surface area contributed by atoms with Gasteiger partial charge < -0.3 is 14.7 Å². The molecule has 0 spiro atoms. The molecule has 13 heavy (non-hydrogen) atoms. The van der Waals surface area contributed by atoms with E-state index < -0.39 is 18.0 Å². The molecule has 0 aromatic carbocycles. The van der Waals surface area contributed by atoms with Gasteiger partial charge in [-0.2, -0.15) is 0 Å². The molecule has 1 atom stereocenters. The summed E-state index contributed by atoms with van der Waals surface area (Å²) in [7, 11) is 1.30. The van der Waals surface area contributed by atoms with Crippen LogP contribution in [-0.4, -0.2) is 42.3 Å². The predicted octanol–water partition coefficient (Wildman–Crippen LogP) is 0.549. The van der Waals surface area contributed by atoms with Crippen molar-refractivity contribution in [1.29, 1.82) is 0 Å². The van der Waals surface area contributed by atoms with Gasteiger partial charge in [-0.15, -0.1) is 0 Å². The molecule has 1 amide bonds. The van der Waals surface area contributed by atoms with E-state index >= 15 is 0 Å². The van der Waals surface area contributed by atoms with Gasteiger partial charge in [0.15, 0.2) is 0 Å². The highest BCUT2D eigenvalue weighted by atomic mass is 16.5. The van der Waals surface area contributed by atoms with Crippen LogP contribution in [0.4, 0.5) is 4.79 Å². The van der Waals surface area contributed by atoms with Crippen molar-refractivity contribution in [1.82, 2.24) is 4.90 Å². The quantitative estimate of drug-likeness (QED) is 0.651. The van der Waals surface area contributed by atoms with Crippen LogP contribution in [0.5, 0.6) is 0 Å². The van der Waals surface area contributed by atoms with Crippen LogP contribution in [0.1, 0.15) is 12.8 Å². The Labute approximate surface area is 76.3 Å². The van der Waals surface area contributed by atoms with Crippen molar-refractivity contribution < 1.29 is 19.4 Å². The van der Waals surface area contributed by atoms with Gasteiger partial charge in [0.2, 0.25) is 0 Å². The number of nitrogens with zero attached hydrogens (tertiary/aromatic N) is 1. The highest BCUT2D eigenvalue weighted by Gasteiger charge is 2.28. The van der Waals surface area contributed by atoms with Crippen LogP contribution in [-0.2, 0) is 9.53 Å². The molecule has 0 aliphatic carbocycles. The van der Waals surface area contributed by atoms with Crippen molar-refractivity contribution >= 4 is 12.1 Å². The van der Waals surface area contributed by atoms with Gasteiger partial charge in [0.1, 0.15) is 0 Å². The molecule has 0 radical (unpaired) electrons. The number of carboxylic acid groups (broad SMARTS) is 1. The number of carbonyl (C=O) groups is 2. The number of rotatable bonds is 1. The fraction of sp³-hybridized carbons (Fsp3) is 0.750. The maximum Gasteiger partial charge on any atom is 0.409 e. The van der Waals surface area contributed by atoms with E-state index in [0.717, 1.165) is 6.42 Å². The second-order valence-electron chi connectivity index (χ2n) is 3.09. The van der Waals surface area contributed by atoms with E-state index in [0.29, 0.717) is 13.0 Å². The highest BCUT2D eigenvalue weighted by Crippen LogP contribution is 2.16. The number of likely N-dealkylation sites (tertiary alicyclic amines) is 1. The molecule has 5 heteroatoms. The molecule has 1 fully saturated rings. The Morgan fingerprint density at radius 2 is 2.23 bits per heavy atom. The predicted molar refractivity (Wildman–Crippen MR) is 44.3 cm³/mol. The normalized spacial score (nSPS) is 22.5. The van der Waals surface area contributed by atoms with Crippen molar-refractivity contribution in [2.24, 2.45) is 5.92 Å². The Balaban J connectivity index is 2.51. The molecule has 5 nitrogen and oxygen atoms in total. The molecule has 1 rings (SSSR count). The summed E-state index contributed by atoms with van der Waals surface area (Å²) in [5.41, 5.74) is 0. The van der Waals surface area contributed by atoms with E-state index in [1.807, 2.05) is 0 Å². The van der Waals surface area contributed by atoms with E-state index in [-0.39, 0.29) is 6.54 Å². The lowest BCUT2D eigenvalue weighted by atomic mass is 9.99. The smallest absolute Gasteiger partial charge is 0.409 e. The SMILES string of the molecule is COC(=O)N1CCCC(C(=O)O)C1. The van der Waals surface area contributed by atoms with E-state index in [2.05, 4.69) is 4.74 Å². The minimum Gasteiger partial charge on any atom is -0.481 e. The molecule has 0 bridgehead atoms. The maximum atomic E-state index is 11.0. The first kappa shape index (κ1) is 9.83. The van der Waals surface area contributed by atoms with Crippen LogP contribution in [0.25, 0.3) is 0 Å². The lowest BCUT2D eigenvalue weighted by Gasteiger charge is -2.29. The first-order chi connectivity index (χ1) is 6.15. The third kappa shape index (κ3) is 2.34. The Kier molecular flexibility index (Phi) is 3.11. The van der Waals surface area contributed by atoms with Crippen LogP contribution >= 0.6 is 0 Å². The van der Waals surface area contributed by atoms with Crippen molar-refractivity contribution in [3.05, 3.63) is 0 Å². The summed E-state index contributed by atoms with van der Waals surface area (Å²) in [6.07, 6.45) is 0.931. The largest absolute Gasteiger partial charge is 0.481 e. The maximum absolute atomic E-state index is 11.0. The monoisotopic (exact) mass is 187 g/mol. The fourth-order valence-electron chi connectivity index (χ4n) is 1.47. The van der Waals surface area contributed by atoms with Crippen molar-refractivity contribution in [2.45, 2.75) is 12.8 Å². The van der Waals surface area contributed by atoms with Gasteiger partial charge in [0.05, 0.1) is 13.0 Å². The number of piperidine rings is 1. The van der Waals surface area contributed by atoms with Crippen LogP contribution in [0.3, 0.4) is 0 Å². The average molecular weight is 187 g/mol. The van der Waals surface area contributed by atoms with Gasteiger partial charge in [0, 0.05) is 13.1 Å². The summed E-state index contributed by atoms with van der Waals surface area (Å²) in [5.74, 6) is -1.28. The Hall–Kier alpha value is -1.26. The lowest BCUT2D eigenvalue weighted by molar-refractivity contribution is -0.143. The molecule has 1 unspecified atom stereocenters. The second-order valence-corrected chi connectivity index (χ2v) is 3.09. The third-order valence-corrected chi connectivity index (χ3v) is 2.20. The zero-order valence-corrected chi connectivity index (χ0v) is 7.52. The van der Waals surface area contributed by atoms with Crippen LogP contribution in [0.2, 0.25) is 0 Å². The topological polar surface area (TPSA) is 66.8 Å². The van der Waals surface area contributed by atoms with E-state index in [4.69, 9.17) is 5.11 Å². The zero-order chi connectivity index (χ0) is 9.84. The number of hydrogen-bond acceptors (Lipinski definition) is 3. The number of ether oxygens (including phenoxy) is 1. The minimum atomic E-state index is -0.839. The molecule has 0 saturated carbocycles. The molecule has 0 aromatic heterocycles. The first-order valence-corrected chi connectivity index (χ1v) is 4.21. The summed E-state index contributed by atoms with van der Waals surface area (Å²) in [6.45, 7) is 0.860. The number of carboxylic acids is 1. The standard InChI is InChI=1S/C8H13NO4/c1-13-8(12)9-4-2-3-6(5-9)7(10)11/h6H,2-5H2,1H3,(H,10,11). The van der Waals surface area contributed by atoms with Crippen LogP contribution in [0.15, 0.2) is 0 Å². The number of carbonyl (C=O) groups excluding carboxylic acids is 1. The number of aliphatic carboxylic acids is 1. The van der Waals surface area contributed by atoms with Crippen LogP contribution in [0, 0.1) is 5.92 Å². The molecular formula is C8H13NO4. The Morgan fingerprint density at radius 1 is 1.54 bits per heavy atom. The fourth-order valence-corrected chi connectivity index (χ4v) is 1.47. The van der Waals surface area contributed by atoms with E-state index in [1.54, 1.807) is 0 Å². The summed E-state index contributed by atoms with van der Waals surface area (Å²) in [4.78, 5) is 23.1. The number of methoxy groups -OCH3 is 1. The molecule has 1 saturated heterocycles. The lowest BCUT2D eigenvalue weighted by Crippen LogP contribution is -2.42. The molecule has 1 aliphatic heterocycles. The average Bonchev–Trinajstić information content (AvgIpc) is 2.17. The van der Waals surface area contributed by atoms with Gasteiger partial charge >= 0.3 is 12.1 Å². The molecule has 1 aliphatic rings. The highest BCUT2D eigenvalue weighted by molar-refractivity contribution is 5.73. The van der Waals surface area contributed by atoms with Gasteiger partial charge in [0.25, 0.3) is 0 Å². The number of amides is 1. The van der Waals surface area contributed by atoms with Gasteiger partial charge in [-0.05, 0) is 12.8 Å². The molecule has 1 heterocycles.